The predicted molar refractivity (Wildman–Crippen MR) is 149 cm³/mol. The molecule has 10 heteroatoms. The van der Waals surface area contributed by atoms with Crippen LogP contribution < -0.4 is 10.6 Å². The normalized spacial score (nSPS) is 24.1. The first kappa shape index (κ1) is 29.3. The smallest absolute Gasteiger partial charge is 0.413 e. The number of guanidine groups is 1. The molecule has 0 atom stereocenters. The second-order valence-corrected chi connectivity index (χ2v) is 11.3. The number of nitrogens with one attached hydrogen (secondary N) is 2. The molecular formula is C29H46N6O4. The van der Waals surface area contributed by atoms with Gasteiger partial charge < -0.3 is 24.6 Å². The van der Waals surface area contributed by atoms with Gasteiger partial charge in [0.15, 0.2) is 0 Å². The lowest BCUT2D eigenvalue weighted by Crippen LogP contribution is -2.56. The van der Waals surface area contributed by atoms with Gasteiger partial charge in [0.25, 0.3) is 5.91 Å². The summed E-state index contributed by atoms with van der Waals surface area (Å²) >= 11 is 0. The number of ether oxygens (including phenoxy) is 2. The Hall–Kier alpha value is -2.64. The highest BCUT2D eigenvalue weighted by atomic mass is 16.5. The summed E-state index contributed by atoms with van der Waals surface area (Å²) in [6.07, 6.45) is 14.3. The Morgan fingerprint density at radius 3 is 2.28 bits per heavy atom. The number of hydrogen-bond donors (Lipinski definition) is 2. The zero-order valence-electron chi connectivity index (χ0n) is 23.6. The molecule has 2 heterocycles. The SMILES string of the molecule is CCOC(=O)NC(=N/C(=C/C1CCCCC1)C(=O)NC1(C#N)CCN(C2CCCCC2)CC1)N1CCOCC1. The Bertz CT molecular complexity index is 919. The van der Waals surface area contributed by atoms with Gasteiger partial charge in [0.1, 0.15) is 11.2 Å². The number of nitrogens with zero attached hydrogens (tertiary/aromatic N) is 4. The van der Waals surface area contributed by atoms with Crippen LogP contribution in [0.2, 0.25) is 0 Å². The molecule has 2 aliphatic heterocycles. The number of carbonyl (C=O) groups is 2. The number of nitriles is 1. The molecule has 2 N–H and O–H groups in total. The van der Waals surface area contributed by atoms with Gasteiger partial charge in [-0.2, -0.15) is 5.26 Å². The number of likely N-dealkylation sites (tertiary alicyclic amines) is 1. The second-order valence-electron chi connectivity index (χ2n) is 11.3. The Labute approximate surface area is 233 Å². The van der Waals surface area contributed by atoms with E-state index in [4.69, 9.17) is 14.5 Å². The molecular weight excluding hydrogens is 496 g/mol. The average molecular weight is 543 g/mol. The number of allylic oxidation sites excluding steroid dienone is 1. The van der Waals surface area contributed by atoms with E-state index >= 15 is 0 Å². The van der Waals surface area contributed by atoms with Crippen LogP contribution in [0.4, 0.5) is 4.79 Å². The van der Waals surface area contributed by atoms with Crippen LogP contribution in [-0.4, -0.2) is 85.3 Å². The van der Waals surface area contributed by atoms with Crippen molar-refractivity contribution in [3.63, 3.8) is 0 Å². The van der Waals surface area contributed by atoms with Crippen LogP contribution in [-0.2, 0) is 14.3 Å². The Kier molecular flexibility index (Phi) is 11.0. The van der Waals surface area contributed by atoms with Crippen LogP contribution in [0.15, 0.2) is 16.8 Å². The van der Waals surface area contributed by atoms with Gasteiger partial charge in [0, 0.05) is 32.2 Å². The van der Waals surface area contributed by atoms with Crippen LogP contribution in [0.3, 0.4) is 0 Å². The molecule has 0 spiro atoms. The standard InChI is InChI=1S/C29H46N6O4/c1-2-39-28(37)32-27(35-17-19-38-20-18-35)31-25(21-23-9-5-3-6-10-23)26(36)33-29(22-30)13-15-34(16-14-29)24-11-7-4-8-12-24/h21,23-24H,2-20H2,1H3,(H,33,36)(H,31,32,37)/b25-21+. The van der Waals surface area contributed by atoms with Crippen molar-refractivity contribution in [3.05, 3.63) is 11.8 Å². The molecule has 216 valence electrons. The van der Waals surface area contributed by atoms with E-state index in [1.54, 1.807) is 6.92 Å². The van der Waals surface area contributed by atoms with Gasteiger partial charge in [-0.1, -0.05) is 38.5 Å². The molecule has 0 unspecified atom stereocenters. The van der Waals surface area contributed by atoms with Gasteiger partial charge in [0.2, 0.25) is 5.96 Å². The molecule has 2 saturated heterocycles. The summed E-state index contributed by atoms with van der Waals surface area (Å²) in [6, 6.07) is 3.04. The number of hydrogen-bond acceptors (Lipinski definition) is 7. The molecule has 4 fully saturated rings. The minimum Gasteiger partial charge on any atom is -0.450 e. The lowest BCUT2D eigenvalue weighted by Gasteiger charge is -2.42. The first-order valence-electron chi connectivity index (χ1n) is 15.1. The minimum atomic E-state index is -0.920. The zero-order valence-corrected chi connectivity index (χ0v) is 23.6. The van der Waals surface area contributed by atoms with Gasteiger partial charge in [-0.25, -0.2) is 9.79 Å². The zero-order chi connectivity index (χ0) is 27.5. The van der Waals surface area contributed by atoms with Crippen molar-refractivity contribution in [1.29, 1.82) is 5.26 Å². The maximum absolute atomic E-state index is 13.8. The van der Waals surface area contributed by atoms with Crippen LogP contribution in [0.25, 0.3) is 0 Å². The summed E-state index contributed by atoms with van der Waals surface area (Å²) < 4.78 is 10.6. The maximum atomic E-state index is 13.8. The van der Waals surface area contributed by atoms with Crippen molar-refractivity contribution >= 4 is 18.0 Å². The molecule has 4 rings (SSSR count). The van der Waals surface area contributed by atoms with E-state index in [1.807, 2.05) is 11.0 Å². The fraction of sp³-hybridized carbons (Fsp3) is 0.793. The van der Waals surface area contributed by atoms with Crippen molar-refractivity contribution < 1.29 is 19.1 Å². The van der Waals surface area contributed by atoms with E-state index in [-0.39, 0.29) is 30.1 Å². The third kappa shape index (κ3) is 8.42. The average Bonchev–Trinajstić information content (AvgIpc) is 2.98. The third-order valence-corrected chi connectivity index (χ3v) is 8.61. The van der Waals surface area contributed by atoms with Crippen molar-refractivity contribution in [2.24, 2.45) is 10.9 Å². The monoisotopic (exact) mass is 542 g/mol. The number of rotatable bonds is 6. The molecule has 39 heavy (non-hydrogen) atoms. The van der Waals surface area contributed by atoms with E-state index in [2.05, 4.69) is 21.6 Å². The molecule has 0 aromatic carbocycles. The maximum Gasteiger partial charge on any atom is 0.413 e. The summed E-state index contributed by atoms with van der Waals surface area (Å²) in [7, 11) is 0. The lowest BCUT2D eigenvalue weighted by molar-refractivity contribution is -0.119. The molecule has 0 bridgehead atoms. The summed E-state index contributed by atoms with van der Waals surface area (Å²) in [6.45, 7) is 5.70. The number of amides is 2. The van der Waals surface area contributed by atoms with Crippen molar-refractivity contribution in [2.45, 2.75) is 95.6 Å². The van der Waals surface area contributed by atoms with E-state index in [0.29, 0.717) is 45.2 Å². The van der Waals surface area contributed by atoms with Gasteiger partial charge >= 0.3 is 6.09 Å². The molecule has 2 amide bonds. The van der Waals surface area contributed by atoms with E-state index < -0.39 is 11.6 Å². The Morgan fingerprint density at radius 2 is 1.67 bits per heavy atom. The van der Waals surface area contributed by atoms with E-state index in [0.717, 1.165) is 38.8 Å². The number of alkyl carbamates (subject to hydrolysis) is 1. The van der Waals surface area contributed by atoms with E-state index in [1.165, 1.54) is 38.5 Å². The minimum absolute atomic E-state index is 0.232. The van der Waals surface area contributed by atoms with Crippen LogP contribution in [0.1, 0.15) is 84.0 Å². The second kappa shape index (κ2) is 14.7. The quantitative estimate of drug-likeness (QED) is 0.298. The molecule has 0 radical (unpaired) electrons. The van der Waals surface area contributed by atoms with Crippen LogP contribution >= 0.6 is 0 Å². The molecule has 10 nitrogen and oxygen atoms in total. The Morgan fingerprint density at radius 1 is 1.03 bits per heavy atom. The highest BCUT2D eigenvalue weighted by Gasteiger charge is 2.39. The summed E-state index contributed by atoms with van der Waals surface area (Å²) in [5, 5.41) is 16.1. The number of morpholine rings is 1. The summed E-state index contributed by atoms with van der Waals surface area (Å²) in [4.78, 5) is 35.4. The molecule has 2 saturated carbocycles. The third-order valence-electron chi connectivity index (χ3n) is 8.61. The van der Waals surface area contributed by atoms with Gasteiger partial charge in [-0.15, -0.1) is 0 Å². The van der Waals surface area contributed by atoms with Gasteiger partial charge in [0.05, 0.1) is 25.9 Å². The lowest BCUT2D eigenvalue weighted by atomic mass is 9.85. The van der Waals surface area contributed by atoms with E-state index in [9.17, 15) is 14.9 Å². The largest absolute Gasteiger partial charge is 0.450 e. The topological polar surface area (TPSA) is 119 Å². The van der Waals surface area contributed by atoms with Gasteiger partial charge in [-0.3, -0.25) is 10.1 Å². The molecule has 2 aliphatic carbocycles. The summed E-state index contributed by atoms with van der Waals surface area (Å²) in [5.74, 6) is 0.166. The van der Waals surface area contributed by atoms with Gasteiger partial charge in [-0.05, 0) is 57.4 Å². The number of aliphatic imine (C=N–C) groups is 1. The molecule has 4 aliphatic rings. The van der Waals surface area contributed by atoms with Crippen LogP contribution in [0.5, 0.6) is 0 Å². The highest BCUT2D eigenvalue weighted by molar-refractivity contribution is 6.00. The van der Waals surface area contributed by atoms with Crippen molar-refractivity contribution in [3.8, 4) is 6.07 Å². The molecule has 0 aromatic rings. The number of carbonyl (C=O) groups excluding carboxylic acids is 2. The van der Waals surface area contributed by atoms with Crippen molar-refractivity contribution in [2.75, 3.05) is 46.0 Å². The first-order chi connectivity index (χ1) is 19.0. The van der Waals surface area contributed by atoms with Crippen LogP contribution in [0, 0.1) is 17.2 Å². The number of piperidine rings is 1. The fourth-order valence-electron chi connectivity index (χ4n) is 6.28. The Balaban J connectivity index is 1.53. The van der Waals surface area contributed by atoms with Crippen molar-refractivity contribution in [1.82, 2.24) is 20.4 Å². The predicted octanol–water partition coefficient (Wildman–Crippen LogP) is 3.69. The highest BCUT2D eigenvalue weighted by Crippen LogP contribution is 2.30. The fourth-order valence-corrected chi connectivity index (χ4v) is 6.28. The summed E-state index contributed by atoms with van der Waals surface area (Å²) in [5.41, 5.74) is -0.665. The molecule has 0 aromatic heterocycles. The first-order valence-corrected chi connectivity index (χ1v) is 15.1.